The van der Waals surface area contributed by atoms with Gasteiger partial charge in [0.15, 0.2) is 0 Å². The molecule has 7 nitrogen and oxygen atoms in total. The van der Waals surface area contributed by atoms with E-state index in [4.69, 9.17) is 9.47 Å². The minimum Gasteiger partial charge on any atom is -0.497 e. The Morgan fingerprint density at radius 3 is 2.59 bits per heavy atom. The highest BCUT2D eigenvalue weighted by atomic mass is 16.5. The normalized spacial score (nSPS) is 18.7. The first kappa shape index (κ1) is 22.1. The number of carbonyl (C=O) groups is 1. The Labute approximate surface area is 189 Å². The van der Waals surface area contributed by atoms with E-state index in [0.29, 0.717) is 11.3 Å². The van der Waals surface area contributed by atoms with Crippen molar-refractivity contribution >= 4 is 28.3 Å². The summed E-state index contributed by atoms with van der Waals surface area (Å²) in [6.45, 7) is 10.8. The highest BCUT2D eigenvalue weighted by Crippen LogP contribution is 2.30. The number of nitrogens with zero attached hydrogens (tertiary/aromatic N) is 3. The maximum atomic E-state index is 13.3. The molecule has 0 bridgehead atoms. The number of fused-ring (bicyclic) bond motifs is 1. The molecule has 1 saturated heterocycles. The maximum Gasteiger partial charge on any atom is 0.258 e. The number of carbonyl (C=O) groups excluding carboxylic acids is 1. The van der Waals surface area contributed by atoms with E-state index in [1.165, 1.54) is 0 Å². The fraction of sp³-hybridized carbons (Fsp3) is 0.440. The van der Waals surface area contributed by atoms with Gasteiger partial charge in [0.1, 0.15) is 11.6 Å². The maximum absolute atomic E-state index is 13.3. The van der Waals surface area contributed by atoms with Crippen LogP contribution in [0.4, 0.5) is 11.5 Å². The molecule has 32 heavy (non-hydrogen) atoms. The Kier molecular flexibility index (Phi) is 6.37. The predicted octanol–water partition coefficient (Wildman–Crippen LogP) is 4.63. The molecule has 3 heterocycles. The number of aryl methyl sites for hydroxylation is 1. The monoisotopic (exact) mass is 436 g/mol. The van der Waals surface area contributed by atoms with Crippen molar-refractivity contribution in [2.45, 2.75) is 52.9 Å². The van der Waals surface area contributed by atoms with Crippen LogP contribution in [0.5, 0.6) is 5.75 Å². The first-order chi connectivity index (χ1) is 15.4. The molecule has 1 aliphatic rings. The zero-order chi connectivity index (χ0) is 22.8. The van der Waals surface area contributed by atoms with Gasteiger partial charge in [-0.05, 0) is 57.5 Å². The lowest BCUT2D eigenvalue weighted by Crippen LogP contribution is -2.45. The molecule has 4 rings (SSSR count). The van der Waals surface area contributed by atoms with Crippen LogP contribution in [-0.4, -0.2) is 47.9 Å². The Morgan fingerprint density at radius 1 is 1.22 bits per heavy atom. The van der Waals surface area contributed by atoms with Crippen LogP contribution in [0.25, 0.3) is 10.9 Å². The Morgan fingerprint density at radius 2 is 1.97 bits per heavy atom. The summed E-state index contributed by atoms with van der Waals surface area (Å²) in [6.07, 6.45) is 3.04. The van der Waals surface area contributed by atoms with Crippen molar-refractivity contribution in [1.29, 1.82) is 0 Å². The highest BCUT2D eigenvalue weighted by molar-refractivity contribution is 6.14. The fourth-order valence-corrected chi connectivity index (χ4v) is 4.59. The van der Waals surface area contributed by atoms with E-state index < -0.39 is 0 Å². The molecule has 2 atom stereocenters. The van der Waals surface area contributed by atoms with Crippen LogP contribution in [0.3, 0.4) is 0 Å². The summed E-state index contributed by atoms with van der Waals surface area (Å²) in [7, 11) is 1.64. The topological polar surface area (TPSA) is 68.6 Å². The molecule has 0 spiro atoms. The van der Waals surface area contributed by atoms with Gasteiger partial charge in [-0.2, -0.15) is 0 Å². The molecule has 3 aromatic rings. The van der Waals surface area contributed by atoms with Crippen LogP contribution in [0.15, 0.2) is 36.5 Å². The summed E-state index contributed by atoms with van der Waals surface area (Å²) < 4.78 is 13.4. The second kappa shape index (κ2) is 9.20. The number of aromatic nitrogens is 2. The number of morpholine rings is 1. The Bertz CT molecular complexity index is 1100. The molecule has 7 heteroatoms. The number of hydrogen-bond donors (Lipinski definition) is 1. The van der Waals surface area contributed by atoms with Gasteiger partial charge in [-0.3, -0.25) is 4.79 Å². The van der Waals surface area contributed by atoms with E-state index in [0.717, 1.165) is 54.2 Å². The minimum atomic E-state index is -0.140. The number of rotatable bonds is 6. The van der Waals surface area contributed by atoms with E-state index in [9.17, 15) is 4.79 Å². The number of methoxy groups -OCH3 is 1. The van der Waals surface area contributed by atoms with Gasteiger partial charge in [-0.15, -0.1) is 0 Å². The van der Waals surface area contributed by atoms with Crippen LogP contribution in [0.2, 0.25) is 0 Å². The number of ether oxygens (including phenoxy) is 2. The quantitative estimate of drug-likeness (QED) is 0.610. The van der Waals surface area contributed by atoms with Gasteiger partial charge in [-0.1, -0.05) is 6.92 Å². The van der Waals surface area contributed by atoms with Crippen LogP contribution in [-0.2, 0) is 11.3 Å². The van der Waals surface area contributed by atoms with Gasteiger partial charge in [0.05, 0.1) is 36.8 Å². The summed E-state index contributed by atoms with van der Waals surface area (Å²) in [5.41, 5.74) is 3.34. The van der Waals surface area contributed by atoms with Crippen LogP contribution < -0.4 is 15.0 Å². The van der Waals surface area contributed by atoms with Crippen molar-refractivity contribution < 1.29 is 14.3 Å². The third-order valence-corrected chi connectivity index (χ3v) is 5.95. The zero-order valence-corrected chi connectivity index (χ0v) is 19.5. The summed E-state index contributed by atoms with van der Waals surface area (Å²) in [6, 6.07) is 9.76. The van der Waals surface area contributed by atoms with Gasteiger partial charge < -0.3 is 24.3 Å². The molecule has 170 valence electrons. The Balaban J connectivity index is 1.59. The van der Waals surface area contributed by atoms with Crippen molar-refractivity contribution in [2.75, 3.05) is 30.4 Å². The molecule has 1 fully saturated rings. The lowest BCUT2D eigenvalue weighted by Gasteiger charge is -2.36. The number of pyridine rings is 1. The van der Waals surface area contributed by atoms with Gasteiger partial charge >= 0.3 is 0 Å². The van der Waals surface area contributed by atoms with Crippen LogP contribution in [0, 0.1) is 6.92 Å². The molecule has 0 saturated carbocycles. The van der Waals surface area contributed by atoms with E-state index in [1.807, 2.05) is 37.3 Å². The average molecular weight is 437 g/mol. The zero-order valence-electron chi connectivity index (χ0n) is 19.5. The molecular formula is C25H32N4O3. The molecular weight excluding hydrogens is 404 g/mol. The molecule has 1 N–H and O–H groups in total. The number of nitrogens with one attached hydrogen (secondary N) is 1. The first-order valence-corrected chi connectivity index (χ1v) is 11.3. The van der Waals surface area contributed by atoms with Crippen LogP contribution >= 0.6 is 0 Å². The largest absolute Gasteiger partial charge is 0.497 e. The molecule has 0 aliphatic carbocycles. The number of hydrogen-bond acceptors (Lipinski definition) is 5. The van der Waals surface area contributed by atoms with Crippen molar-refractivity contribution in [2.24, 2.45) is 0 Å². The molecule has 2 aromatic heterocycles. The Hall–Kier alpha value is -3.06. The van der Waals surface area contributed by atoms with Crippen LogP contribution in [0.1, 0.15) is 43.2 Å². The van der Waals surface area contributed by atoms with Crippen molar-refractivity contribution in [3.63, 3.8) is 0 Å². The average Bonchev–Trinajstić information content (AvgIpc) is 3.04. The minimum absolute atomic E-state index is 0.140. The lowest BCUT2D eigenvalue weighted by atomic mass is 10.1. The second-order valence-corrected chi connectivity index (χ2v) is 8.52. The number of benzene rings is 1. The molecule has 0 unspecified atom stereocenters. The second-order valence-electron chi connectivity index (χ2n) is 8.52. The molecule has 1 aliphatic heterocycles. The third-order valence-electron chi connectivity index (χ3n) is 5.95. The standard InChI is InChI=1S/C25H32N4O3/c1-6-11-29-18(4)24(21-12-20(31-5)8-9-22(21)29)25(30)27-19-7-10-23(26-13-19)28-14-16(2)32-17(3)15-28/h7-10,12-13,16-17H,6,11,14-15H2,1-5H3,(H,27,30)/t16-,17-/m1/s1. The summed E-state index contributed by atoms with van der Waals surface area (Å²) >= 11 is 0. The summed E-state index contributed by atoms with van der Waals surface area (Å²) in [5.74, 6) is 1.49. The summed E-state index contributed by atoms with van der Waals surface area (Å²) in [4.78, 5) is 20.1. The fourth-order valence-electron chi connectivity index (χ4n) is 4.59. The number of anilines is 2. The highest BCUT2D eigenvalue weighted by Gasteiger charge is 2.24. The van der Waals surface area contributed by atoms with Crippen molar-refractivity contribution in [1.82, 2.24) is 9.55 Å². The smallest absolute Gasteiger partial charge is 0.258 e. The van der Waals surface area contributed by atoms with Gasteiger partial charge in [0, 0.05) is 36.2 Å². The van der Waals surface area contributed by atoms with Gasteiger partial charge in [-0.25, -0.2) is 4.98 Å². The van der Waals surface area contributed by atoms with Crippen molar-refractivity contribution in [3.05, 3.63) is 47.8 Å². The van der Waals surface area contributed by atoms with E-state index in [2.05, 4.69) is 40.5 Å². The van der Waals surface area contributed by atoms with Crippen molar-refractivity contribution in [3.8, 4) is 5.75 Å². The van der Waals surface area contributed by atoms with E-state index in [-0.39, 0.29) is 18.1 Å². The van der Waals surface area contributed by atoms with Gasteiger partial charge in [0.25, 0.3) is 5.91 Å². The molecule has 1 aromatic carbocycles. The van der Waals surface area contributed by atoms with E-state index in [1.54, 1.807) is 13.3 Å². The third kappa shape index (κ3) is 4.30. The molecule has 0 radical (unpaired) electrons. The predicted molar refractivity (Wildman–Crippen MR) is 128 cm³/mol. The van der Waals surface area contributed by atoms with Gasteiger partial charge in [0.2, 0.25) is 0 Å². The summed E-state index contributed by atoms with van der Waals surface area (Å²) in [5, 5.41) is 3.93. The number of amides is 1. The molecule has 1 amide bonds. The SMILES string of the molecule is CCCn1c(C)c(C(=O)Nc2ccc(N3C[C@@H](C)O[C@H](C)C3)nc2)c2cc(OC)ccc21. The first-order valence-electron chi connectivity index (χ1n) is 11.3. The van der Waals surface area contributed by atoms with E-state index >= 15 is 0 Å². The lowest BCUT2D eigenvalue weighted by molar-refractivity contribution is -0.00545.